The van der Waals surface area contributed by atoms with Crippen LogP contribution in [0.25, 0.3) is 17.4 Å². The minimum absolute atomic E-state index is 0.103. The molecule has 136 valence electrons. The van der Waals surface area contributed by atoms with Gasteiger partial charge in [0.05, 0.1) is 12.2 Å². The second-order valence-electron chi connectivity index (χ2n) is 6.34. The first-order valence-electron chi connectivity index (χ1n) is 8.56. The van der Waals surface area contributed by atoms with Crippen LogP contribution < -0.4 is 0 Å². The fraction of sp³-hybridized carbons (Fsp3) is 0.143. The molecule has 27 heavy (non-hydrogen) atoms. The van der Waals surface area contributed by atoms with Gasteiger partial charge in [-0.15, -0.1) is 0 Å². The van der Waals surface area contributed by atoms with E-state index in [1.165, 1.54) is 18.2 Å². The average Bonchev–Trinajstić information content (AvgIpc) is 3.11. The molecular weight excluding hydrogens is 367 g/mol. The first-order valence-corrected chi connectivity index (χ1v) is 8.94. The number of hydrogen-bond donors (Lipinski definition) is 0. The SMILES string of the molecule is O=C(/C=C/c1ccc(F)cc1)N1CCc2noc(-c3ccc(Cl)cc3)c2C1. The molecule has 0 aliphatic carbocycles. The van der Waals surface area contributed by atoms with Gasteiger partial charge in [0, 0.05) is 35.2 Å². The van der Waals surface area contributed by atoms with Crippen LogP contribution >= 0.6 is 11.6 Å². The van der Waals surface area contributed by atoms with Crippen LogP contribution in [0.3, 0.4) is 0 Å². The Bertz CT molecular complexity index is 994. The lowest BCUT2D eigenvalue weighted by Gasteiger charge is -2.25. The summed E-state index contributed by atoms with van der Waals surface area (Å²) in [5, 5.41) is 4.80. The molecule has 2 aromatic carbocycles. The van der Waals surface area contributed by atoms with Crippen molar-refractivity contribution in [1.82, 2.24) is 10.1 Å². The Morgan fingerprint density at radius 2 is 1.89 bits per heavy atom. The van der Waals surface area contributed by atoms with Crippen LogP contribution in [-0.4, -0.2) is 22.5 Å². The van der Waals surface area contributed by atoms with Crippen LogP contribution in [0.5, 0.6) is 0 Å². The Kier molecular flexibility index (Phi) is 4.77. The zero-order valence-electron chi connectivity index (χ0n) is 14.4. The summed E-state index contributed by atoms with van der Waals surface area (Å²) in [6.07, 6.45) is 3.83. The Morgan fingerprint density at radius 1 is 1.15 bits per heavy atom. The van der Waals surface area contributed by atoms with E-state index in [1.807, 2.05) is 12.1 Å². The Balaban J connectivity index is 1.52. The van der Waals surface area contributed by atoms with Gasteiger partial charge in [0.2, 0.25) is 5.91 Å². The summed E-state index contributed by atoms with van der Waals surface area (Å²) in [6, 6.07) is 13.3. The Morgan fingerprint density at radius 3 is 2.63 bits per heavy atom. The van der Waals surface area contributed by atoms with Crippen molar-refractivity contribution in [1.29, 1.82) is 0 Å². The van der Waals surface area contributed by atoms with Crippen LogP contribution in [-0.2, 0) is 17.8 Å². The van der Waals surface area contributed by atoms with Gasteiger partial charge in [0.1, 0.15) is 5.82 Å². The second-order valence-corrected chi connectivity index (χ2v) is 6.77. The second kappa shape index (κ2) is 7.37. The number of carbonyl (C=O) groups is 1. The highest BCUT2D eigenvalue weighted by molar-refractivity contribution is 6.30. The third-order valence-electron chi connectivity index (χ3n) is 4.54. The predicted molar refractivity (Wildman–Crippen MR) is 102 cm³/mol. The van der Waals surface area contributed by atoms with Crippen molar-refractivity contribution < 1.29 is 13.7 Å². The van der Waals surface area contributed by atoms with Crippen LogP contribution in [0, 0.1) is 5.82 Å². The fourth-order valence-electron chi connectivity index (χ4n) is 3.08. The lowest BCUT2D eigenvalue weighted by molar-refractivity contribution is -0.126. The number of carbonyl (C=O) groups excluding carboxylic acids is 1. The van der Waals surface area contributed by atoms with E-state index in [4.69, 9.17) is 16.1 Å². The van der Waals surface area contributed by atoms with Gasteiger partial charge in [0.25, 0.3) is 0 Å². The van der Waals surface area contributed by atoms with E-state index in [0.717, 1.165) is 22.4 Å². The van der Waals surface area contributed by atoms with Crippen LogP contribution in [0.2, 0.25) is 5.02 Å². The first-order chi connectivity index (χ1) is 13.1. The molecule has 3 aromatic rings. The maximum Gasteiger partial charge on any atom is 0.246 e. The van der Waals surface area contributed by atoms with Gasteiger partial charge in [-0.05, 0) is 48.0 Å². The predicted octanol–water partition coefficient (Wildman–Crippen LogP) is 4.73. The first kappa shape index (κ1) is 17.5. The molecule has 0 atom stereocenters. The summed E-state index contributed by atoms with van der Waals surface area (Å²) in [4.78, 5) is 14.3. The monoisotopic (exact) mass is 382 g/mol. The highest BCUT2D eigenvalue weighted by atomic mass is 35.5. The lowest BCUT2D eigenvalue weighted by atomic mass is 10.0. The number of hydrogen-bond acceptors (Lipinski definition) is 3. The third kappa shape index (κ3) is 3.78. The van der Waals surface area contributed by atoms with Crippen molar-refractivity contribution in [2.45, 2.75) is 13.0 Å². The van der Waals surface area contributed by atoms with Gasteiger partial charge in [0.15, 0.2) is 5.76 Å². The molecule has 0 unspecified atom stereocenters. The zero-order chi connectivity index (χ0) is 18.8. The summed E-state index contributed by atoms with van der Waals surface area (Å²) in [5.74, 6) is 0.263. The largest absolute Gasteiger partial charge is 0.356 e. The molecule has 2 heterocycles. The van der Waals surface area contributed by atoms with Crippen molar-refractivity contribution in [3.8, 4) is 11.3 Å². The van der Waals surface area contributed by atoms with Crippen molar-refractivity contribution in [2.24, 2.45) is 0 Å². The quantitative estimate of drug-likeness (QED) is 0.615. The van der Waals surface area contributed by atoms with Gasteiger partial charge in [-0.1, -0.05) is 28.9 Å². The molecule has 0 saturated heterocycles. The molecule has 0 N–H and O–H groups in total. The Labute approximate surface area is 160 Å². The highest BCUT2D eigenvalue weighted by Crippen LogP contribution is 2.31. The fourth-order valence-corrected chi connectivity index (χ4v) is 3.20. The van der Waals surface area contributed by atoms with E-state index >= 15 is 0 Å². The molecule has 1 aromatic heterocycles. The molecule has 0 radical (unpaired) electrons. The molecule has 1 aliphatic heterocycles. The molecule has 1 aliphatic rings. The van der Waals surface area contributed by atoms with E-state index in [-0.39, 0.29) is 11.7 Å². The maximum absolute atomic E-state index is 13.0. The number of rotatable bonds is 3. The van der Waals surface area contributed by atoms with Crippen molar-refractivity contribution in [3.05, 3.63) is 82.3 Å². The van der Waals surface area contributed by atoms with E-state index in [9.17, 15) is 9.18 Å². The standard InChI is InChI=1S/C21H16ClFN2O2/c22-16-6-4-15(5-7-16)21-18-13-25(12-11-19(18)24-27-21)20(26)10-3-14-1-8-17(23)9-2-14/h1-10H,11-13H2/b10-3+. The zero-order valence-corrected chi connectivity index (χ0v) is 15.1. The average molecular weight is 383 g/mol. The molecule has 6 heteroatoms. The van der Waals surface area contributed by atoms with Gasteiger partial charge < -0.3 is 9.42 Å². The smallest absolute Gasteiger partial charge is 0.246 e. The normalized spacial score (nSPS) is 13.8. The van der Waals surface area contributed by atoms with Gasteiger partial charge in [-0.3, -0.25) is 4.79 Å². The van der Waals surface area contributed by atoms with Crippen LogP contribution in [0.1, 0.15) is 16.8 Å². The maximum atomic E-state index is 13.0. The van der Waals surface area contributed by atoms with Crippen LogP contribution in [0.4, 0.5) is 4.39 Å². The van der Waals surface area contributed by atoms with E-state index in [2.05, 4.69) is 5.16 Å². The van der Waals surface area contributed by atoms with Gasteiger partial charge in [-0.2, -0.15) is 0 Å². The molecule has 0 saturated carbocycles. The van der Waals surface area contributed by atoms with E-state index in [1.54, 1.807) is 35.2 Å². The number of aromatic nitrogens is 1. The minimum atomic E-state index is -0.302. The Hall–Kier alpha value is -2.92. The number of benzene rings is 2. The van der Waals surface area contributed by atoms with E-state index < -0.39 is 0 Å². The molecule has 4 nitrogen and oxygen atoms in total. The number of nitrogens with zero attached hydrogens (tertiary/aromatic N) is 2. The van der Waals surface area contributed by atoms with Crippen LogP contribution in [0.15, 0.2) is 59.1 Å². The topological polar surface area (TPSA) is 46.3 Å². The summed E-state index contributed by atoms with van der Waals surface area (Å²) in [6.45, 7) is 1.01. The summed E-state index contributed by atoms with van der Waals surface area (Å²) in [5.41, 5.74) is 3.46. The molecule has 0 bridgehead atoms. The molecule has 1 amide bonds. The molecule has 0 fully saturated rings. The summed E-state index contributed by atoms with van der Waals surface area (Å²) < 4.78 is 18.5. The third-order valence-corrected chi connectivity index (χ3v) is 4.80. The minimum Gasteiger partial charge on any atom is -0.356 e. The summed E-state index contributed by atoms with van der Waals surface area (Å²) >= 11 is 5.95. The van der Waals surface area contributed by atoms with Gasteiger partial charge in [-0.25, -0.2) is 4.39 Å². The number of fused-ring (bicyclic) bond motifs is 1. The summed E-state index contributed by atoms with van der Waals surface area (Å²) in [7, 11) is 0. The molecule has 0 spiro atoms. The van der Waals surface area contributed by atoms with Gasteiger partial charge >= 0.3 is 0 Å². The molecular formula is C21H16ClFN2O2. The lowest BCUT2D eigenvalue weighted by Crippen LogP contribution is -2.34. The van der Waals surface area contributed by atoms with Crippen molar-refractivity contribution in [2.75, 3.05) is 6.54 Å². The number of amides is 1. The molecule has 4 rings (SSSR count). The van der Waals surface area contributed by atoms with Crippen molar-refractivity contribution in [3.63, 3.8) is 0 Å². The van der Waals surface area contributed by atoms with E-state index in [0.29, 0.717) is 30.3 Å². The number of halogens is 2. The van der Waals surface area contributed by atoms with Crippen molar-refractivity contribution >= 4 is 23.6 Å². The highest BCUT2D eigenvalue weighted by Gasteiger charge is 2.26.